The van der Waals surface area contributed by atoms with Crippen LogP contribution in [0.3, 0.4) is 0 Å². The van der Waals surface area contributed by atoms with Crippen molar-refractivity contribution in [3.63, 3.8) is 0 Å². The maximum absolute atomic E-state index is 9.00. The zero-order chi connectivity index (χ0) is 12.3. The standard InChI is InChI=1S/C7H16N2O2.C2H4O2/c1-3-10-7(11-4-2)5-6(8)9;1-2(3)4/h7H,3-5H2,1-2H3,(H3,8,9);1H3,(H,3,4). The van der Waals surface area contributed by atoms with Crippen molar-refractivity contribution in [2.75, 3.05) is 13.2 Å². The first-order chi connectivity index (χ1) is 6.93. The number of carboxylic acid groups (broad SMARTS) is 1. The molecular formula is C9H20N2O4. The highest BCUT2D eigenvalue weighted by atomic mass is 16.7. The van der Waals surface area contributed by atoms with Crippen LogP contribution in [0.5, 0.6) is 0 Å². The van der Waals surface area contributed by atoms with Gasteiger partial charge in [-0.3, -0.25) is 10.2 Å². The van der Waals surface area contributed by atoms with Crippen LogP contribution in [0.1, 0.15) is 27.2 Å². The molecule has 0 spiro atoms. The Bertz CT molecular complexity index is 175. The third-order valence-corrected chi connectivity index (χ3v) is 1.09. The lowest BCUT2D eigenvalue weighted by atomic mass is 10.4. The number of ether oxygens (including phenoxy) is 2. The van der Waals surface area contributed by atoms with Crippen LogP contribution in [0.2, 0.25) is 0 Å². The zero-order valence-corrected chi connectivity index (χ0v) is 9.45. The van der Waals surface area contributed by atoms with E-state index in [-0.39, 0.29) is 12.1 Å². The summed E-state index contributed by atoms with van der Waals surface area (Å²) in [5, 5.41) is 14.4. The summed E-state index contributed by atoms with van der Waals surface area (Å²) >= 11 is 0. The van der Waals surface area contributed by atoms with Crippen molar-refractivity contribution in [2.45, 2.75) is 33.5 Å². The van der Waals surface area contributed by atoms with Crippen LogP contribution in [0.15, 0.2) is 0 Å². The molecule has 0 aliphatic carbocycles. The summed E-state index contributed by atoms with van der Waals surface area (Å²) in [6.45, 7) is 6.01. The highest BCUT2D eigenvalue weighted by Gasteiger charge is 2.08. The summed E-state index contributed by atoms with van der Waals surface area (Å²) in [7, 11) is 0. The molecule has 90 valence electrons. The van der Waals surface area contributed by atoms with Crippen molar-refractivity contribution >= 4 is 11.8 Å². The van der Waals surface area contributed by atoms with Gasteiger partial charge in [-0.05, 0) is 13.8 Å². The first-order valence-electron chi connectivity index (χ1n) is 4.69. The molecule has 0 aliphatic rings. The summed E-state index contributed by atoms with van der Waals surface area (Å²) in [4.78, 5) is 9.00. The van der Waals surface area contributed by atoms with Gasteiger partial charge in [0.1, 0.15) is 0 Å². The molecule has 0 rings (SSSR count). The summed E-state index contributed by atoms with van der Waals surface area (Å²) in [6, 6.07) is 0. The Balaban J connectivity index is 0. The van der Waals surface area contributed by atoms with Gasteiger partial charge in [-0.2, -0.15) is 0 Å². The van der Waals surface area contributed by atoms with Gasteiger partial charge in [0.05, 0.1) is 12.3 Å². The highest BCUT2D eigenvalue weighted by molar-refractivity contribution is 5.77. The number of nitrogens with one attached hydrogen (secondary N) is 1. The molecule has 15 heavy (non-hydrogen) atoms. The maximum Gasteiger partial charge on any atom is 0.300 e. The monoisotopic (exact) mass is 220 g/mol. The third-order valence-electron chi connectivity index (χ3n) is 1.09. The van der Waals surface area contributed by atoms with Gasteiger partial charge in [-0.1, -0.05) is 0 Å². The van der Waals surface area contributed by atoms with Crippen molar-refractivity contribution in [1.29, 1.82) is 5.41 Å². The molecule has 0 saturated heterocycles. The molecule has 0 radical (unpaired) electrons. The topological polar surface area (TPSA) is 106 Å². The lowest BCUT2D eigenvalue weighted by Gasteiger charge is -2.15. The number of rotatable bonds is 6. The number of amidine groups is 1. The summed E-state index contributed by atoms with van der Waals surface area (Å²) in [5.74, 6) is -0.739. The normalized spacial score (nSPS) is 9.33. The second kappa shape index (κ2) is 10.9. The Hall–Kier alpha value is -1.14. The fourth-order valence-corrected chi connectivity index (χ4v) is 0.717. The van der Waals surface area contributed by atoms with Gasteiger partial charge >= 0.3 is 0 Å². The molecule has 0 atom stereocenters. The molecule has 6 nitrogen and oxygen atoms in total. The zero-order valence-electron chi connectivity index (χ0n) is 9.45. The minimum atomic E-state index is -0.833. The quantitative estimate of drug-likeness (QED) is 0.349. The number of carbonyl (C=O) groups is 1. The average Bonchev–Trinajstić information content (AvgIpc) is 2.02. The van der Waals surface area contributed by atoms with E-state index in [1.165, 1.54) is 0 Å². The minimum Gasteiger partial charge on any atom is -0.481 e. The van der Waals surface area contributed by atoms with E-state index in [9.17, 15) is 0 Å². The lowest BCUT2D eigenvalue weighted by Crippen LogP contribution is -2.24. The van der Waals surface area contributed by atoms with Gasteiger partial charge in [-0.25, -0.2) is 0 Å². The smallest absolute Gasteiger partial charge is 0.300 e. The maximum atomic E-state index is 9.00. The first-order valence-corrected chi connectivity index (χ1v) is 4.69. The number of nitrogens with two attached hydrogens (primary N) is 1. The lowest BCUT2D eigenvalue weighted by molar-refractivity contribution is -0.134. The first kappa shape index (κ1) is 16.3. The van der Waals surface area contributed by atoms with E-state index in [1.54, 1.807) is 0 Å². The fraction of sp³-hybridized carbons (Fsp3) is 0.778. The van der Waals surface area contributed by atoms with Crippen LogP contribution in [-0.2, 0) is 14.3 Å². The molecule has 0 fully saturated rings. The van der Waals surface area contributed by atoms with E-state index in [0.29, 0.717) is 19.6 Å². The van der Waals surface area contributed by atoms with E-state index in [4.69, 9.17) is 30.5 Å². The molecule has 0 saturated carbocycles. The molecule has 0 aromatic rings. The number of hydrogen-bond acceptors (Lipinski definition) is 4. The van der Waals surface area contributed by atoms with Gasteiger partial charge in [0.25, 0.3) is 5.97 Å². The molecule has 0 bridgehead atoms. The largest absolute Gasteiger partial charge is 0.481 e. The van der Waals surface area contributed by atoms with Gasteiger partial charge in [0.2, 0.25) is 0 Å². The second-order valence-electron chi connectivity index (χ2n) is 2.59. The molecule has 0 aliphatic heterocycles. The van der Waals surface area contributed by atoms with Crippen molar-refractivity contribution in [3.05, 3.63) is 0 Å². The minimum absolute atomic E-state index is 0.0944. The Morgan fingerprint density at radius 2 is 1.73 bits per heavy atom. The van der Waals surface area contributed by atoms with Crippen LogP contribution in [-0.4, -0.2) is 36.4 Å². The van der Waals surface area contributed by atoms with Crippen molar-refractivity contribution in [2.24, 2.45) is 5.73 Å². The van der Waals surface area contributed by atoms with E-state index >= 15 is 0 Å². The van der Waals surface area contributed by atoms with Crippen molar-refractivity contribution < 1.29 is 19.4 Å². The second-order valence-corrected chi connectivity index (χ2v) is 2.59. The van der Waals surface area contributed by atoms with Crippen molar-refractivity contribution in [1.82, 2.24) is 0 Å². The molecule has 0 amide bonds. The van der Waals surface area contributed by atoms with Crippen LogP contribution >= 0.6 is 0 Å². The Kier molecular flexibility index (Phi) is 11.9. The van der Waals surface area contributed by atoms with E-state index < -0.39 is 5.97 Å². The predicted molar refractivity (Wildman–Crippen MR) is 56.9 cm³/mol. The predicted octanol–water partition coefficient (Wildman–Crippen LogP) is 0.802. The molecule has 4 N–H and O–H groups in total. The highest BCUT2D eigenvalue weighted by Crippen LogP contribution is 1.99. The van der Waals surface area contributed by atoms with Gasteiger partial charge < -0.3 is 20.3 Å². The molecule has 0 aromatic carbocycles. The summed E-state index contributed by atoms with van der Waals surface area (Å²) in [5.41, 5.74) is 5.18. The average molecular weight is 220 g/mol. The summed E-state index contributed by atoms with van der Waals surface area (Å²) in [6.07, 6.45) is 0.00398. The van der Waals surface area contributed by atoms with Crippen LogP contribution in [0.4, 0.5) is 0 Å². The molecule has 0 unspecified atom stereocenters. The van der Waals surface area contributed by atoms with E-state index in [1.807, 2.05) is 13.8 Å². The number of hydrogen-bond donors (Lipinski definition) is 3. The Labute approximate surface area is 89.9 Å². The number of carboxylic acids is 1. The van der Waals surface area contributed by atoms with Gasteiger partial charge in [0.15, 0.2) is 6.29 Å². The van der Waals surface area contributed by atoms with Crippen molar-refractivity contribution in [3.8, 4) is 0 Å². The summed E-state index contributed by atoms with van der Waals surface area (Å²) < 4.78 is 10.3. The Morgan fingerprint density at radius 3 is 1.93 bits per heavy atom. The van der Waals surface area contributed by atoms with Gasteiger partial charge in [-0.15, -0.1) is 0 Å². The SMILES string of the molecule is CC(=O)O.CCOC(CC(=N)N)OCC. The van der Waals surface area contributed by atoms with Gasteiger partial charge in [0, 0.05) is 20.1 Å². The van der Waals surface area contributed by atoms with E-state index in [0.717, 1.165) is 6.92 Å². The molecular weight excluding hydrogens is 200 g/mol. The molecule has 6 heteroatoms. The third kappa shape index (κ3) is 19.3. The fourth-order valence-electron chi connectivity index (χ4n) is 0.717. The molecule has 0 heterocycles. The van der Waals surface area contributed by atoms with Crippen LogP contribution < -0.4 is 5.73 Å². The van der Waals surface area contributed by atoms with Crippen LogP contribution in [0, 0.1) is 5.41 Å². The Morgan fingerprint density at radius 1 is 1.40 bits per heavy atom. The van der Waals surface area contributed by atoms with E-state index in [2.05, 4.69) is 0 Å². The number of aliphatic carboxylic acids is 1. The molecule has 0 aromatic heterocycles. The van der Waals surface area contributed by atoms with Crippen LogP contribution in [0.25, 0.3) is 0 Å².